The number of carbonyl (C=O) groups is 2. The largest absolute Gasteiger partial charge is 0.469 e. The lowest BCUT2D eigenvalue weighted by Gasteiger charge is -2.06. The predicted molar refractivity (Wildman–Crippen MR) is 81.5 cm³/mol. The molecule has 1 N–H and O–H groups in total. The Bertz CT molecular complexity index is 619. The highest BCUT2D eigenvalue weighted by Gasteiger charge is 2.14. The fourth-order valence-corrected chi connectivity index (χ4v) is 2.02. The first-order chi connectivity index (χ1) is 10.7. The molecule has 0 radical (unpaired) electrons. The van der Waals surface area contributed by atoms with Gasteiger partial charge in [0.1, 0.15) is 11.3 Å². The fraction of sp³-hybridized carbons (Fsp3) is 0.294. The third-order valence-corrected chi connectivity index (χ3v) is 3.22. The molecule has 1 aromatic heterocycles. The zero-order chi connectivity index (χ0) is 15.8. The summed E-state index contributed by atoms with van der Waals surface area (Å²) in [5.74, 6) is -0.374. The number of benzene rings is 1. The molecule has 2 aromatic rings. The maximum Gasteiger partial charge on any atom is 0.342 e. The molecule has 0 aliphatic rings. The van der Waals surface area contributed by atoms with Crippen molar-refractivity contribution in [1.29, 1.82) is 0 Å². The summed E-state index contributed by atoms with van der Waals surface area (Å²) in [5, 5.41) is 2.73. The number of carbonyl (C=O) groups excluding carboxylic acids is 2. The Morgan fingerprint density at radius 3 is 2.64 bits per heavy atom. The van der Waals surface area contributed by atoms with Crippen molar-refractivity contribution in [2.45, 2.75) is 19.8 Å². The molecule has 0 saturated heterocycles. The molecule has 22 heavy (non-hydrogen) atoms. The van der Waals surface area contributed by atoms with Crippen LogP contribution in [0.5, 0.6) is 0 Å². The van der Waals surface area contributed by atoms with Crippen LogP contribution in [0.2, 0.25) is 0 Å². The molecule has 5 nitrogen and oxygen atoms in total. The zero-order valence-corrected chi connectivity index (χ0v) is 12.5. The van der Waals surface area contributed by atoms with E-state index in [1.807, 2.05) is 18.2 Å². The molecule has 0 spiro atoms. The molecule has 0 fully saturated rings. The summed E-state index contributed by atoms with van der Waals surface area (Å²) in [6.45, 7) is 1.94. The minimum atomic E-state index is -0.550. The highest BCUT2D eigenvalue weighted by molar-refractivity contribution is 5.92. The second kappa shape index (κ2) is 8.02. The maximum absolute atomic E-state index is 11.7. The summed E-state index contributed by atoms with van der Waals surface area (Å²) in [7, 11) is 0. The Labute approximate surface area is 129 Å². The molecule has 0 saturated carbocycles. The van der Waals surface area contributed by atoms with Crippen LogP contribution in [0.1, 0.15) is 28.1 Å². The molecular weight excluding hydrogens is 282 g/mol. The van der Waals surface area contributed by atoms with Crippen LogP contribution in [0.3, 0.4) is 0 Å². The first kappa shape index (κ1) is 15.8. The van der Waals surface area contributed by atoms with Gasteiger partial charge >= 0.3 is 5.97 Å². The van der Waals surface area contributed by atoms with Gasteiger partial charge in [0.05, 0.1) is 6.26 Å². The predicted octanol–water partition coefficient (Wildman–Crippen LogP) is 2.49. The summed E-state index contributed by atoms with van der Waals surface area (Å²) >= 11 is 0. The van der Waals surface area contributed by atoms with Crippen LogP contribution < -0.4 is 5.32 Å². The fourth-order valence-electron chi connectivity index (χ4n) is 2.02. The monoisotopic (exact) mass is 301 g/mol. The van der Waals surface area contributed by atoms with E-state index >= 15 is 0 Å². The van der Waals surface area contributed by atoms with Crippen LogP contribution in [0, 0.1) is 6.92 Å². The van der Waals surface area contributed by atoms with Crippen LogP contribution in [0.4, 0.5) is 0 Å². The number of nitrogens with one attached hydrogen (secondary N) is 1. The van der Waals surface area contributed by atoms with E-state index in [4.69, 9.17) is 9.15 Å². The van der Waals surface area contributed by atoms with Gasteiger partial charge in [-0.3, -0.25) is 4.79 Å². The van der Waals surface area contributed by atoms with Crippen molar-refractivity contribution >= 4 is 11.9 Å². The Hall–Kier alpha value is -2.56. The van der Waals surface area contributed by atoms with Gasteiger partial charge < -0.3 is 14.5 Å². The Morgan fingerprint density at radius 2 is 1.95 bits per heavy atom. The van der Waals surface area contributed by atoms with Gasteiger partial charge in [0, 0.05) is 6.54 Å². The number of rotatable bonds is 7. The zero-order valence-electron chi connectivity index (χ0n) is 12.5. The summed E-state index contributed by atoms with van der Waals surface area (Å²) in [5.41, 5.74) is 1.58. The van der Waals surface area contributed by atoms with E-state index in [1.54, 1.807) is 6.92 Å². The molecule has 1 heterocycles. The minimum Gasteiger partial charge on any atom is -0.469 e. The van der Waals surface area contributed by atoms with Crippen LogP contribution in [0.15, 0.2) is 47.1 Å². The Balaban J connectivity index is 1.62. The van der Waals surface area contributed by atoms with Crippen molar-refractivity contribution in [3.05, 3.63) is 59.5 Å². The number of esters is 1. The topological polar surface area (TPSA) is 68.5 Å². The highest BCUT2D eigenvalue weighted by Crippen LogP contribution is 2.09. The number of ether oxygens (including phenoxy) is 1. The highest BCUT2D eigenvalue weighted by atomic mass is 16.5. The Kier molecular flexibility index (Phi) is 5.77. The van der Waals surface area contributed by atoms with E-state index in [2.05, 4.69) is 17.4 Å². The molecule has 0 bridgehead atoms. The van der Waals surface area contributed by atoms with Gasteiger partial charge in [-0.15, -0.1) is 0 Å². The molecule has 0 aliphatic carbocycles. The number of aryl methyl sites for hydroxylation is 2. The average Bonchev–Trinajstić information content (AvgIpc) is 2.96. The number of hydrogen-bond acceptors (Lipinski definition) is 4. The lowest BCUT2D eigenvalue weighted by molar-refractivity contribution is -0.124. The van der Waals surface area contributed by atoms with E-state index in [9.17, 15) is 9.59 Å². The van der Waals surface area contributed by atoms with Crippen molar-refractivity contribution in [1.82, 2.24) is 5.32 Å². The second-order valence-electron chi connectivity index (χ2n) is 4.91. The van der Waals surface area contributed by atoms with Crippen LogP contribution in [-0.4, -0.2) is 25.0 Å². The van der Waals surface area contributed by atoms with Gasteiger partial charge in [-0.2, -0.15) is 0 Å². The second-order valence-corrected chi connectivity index (χ2v) is 4.91. The molecule has 0 aliphatic heterocycles. The summed E-state index contributed by atoms with van der Waals surface area (Å²) in [4.78, 5) is 23.3. The molecule has 0 unspecified atom stereocenters. The normalized spacial score (nSPS) is 10.2. The van der Waals surface area contributed by atoms with Crippen molar-refractivity contribution in [2.75, 3.05) is 13.2 Å². The smallest absolute Gasteiger partial charge is 0.342 e. The quantitative estimate of drug-likeness (QED) is 0.630. The third-order valence-electron chi connectivity index (χ3n) is 3.22. The molecule has 116 valence electrons. The summed E-state index contributed by atoms with van der Waals surface area (Å²) < 4.78 is 9.95. The lowest BCUT2D eigenvalue weighted by atomic mass is 10.1. The van der Waals surface area contributed by atoms with Crippen molar-refractivity contribution in [2.24, 2.45) is 0 Å². The van der Waals surface area contributed by atoms with Gasteiger partial charge in [0.2, 0.25) is 0 Å². The van der Waals surface area contributed by atoms with Crippen LogP contribution in [-0.2, 0) is 16.0 Å². The Morgan fingerprint density at radius 1 is 1.18 bits per heavy atom. The standard InChI is InChI=1S/C17H19NO4/c1-13-15(9-11-21-13)17(20)22-12-16(19)18-10-5-8-14-6-3-2-4-7-14/h2-4,6-7,9,11H,5,8,10,12H2,1H3,(H,18,19). The minimum absolute atomic E-state index is 0.283. The van der Waals surface area contributed by atoms with Crippen molar-refractivity contribution in [3.8, 4) is 0 Å². The molecule has 5 heteroatoms. The van der Waals surface area contributed by atoms with E-state index < -0.39 is 5.97 Å². The SMILES string of the molecule is Cc1occc1C(=O)OCC(=O)NCCCc1ccccc1. The van der Waals surface area contributed by atoms with E-state index in [0.717, 1.165) is 12.8 Å². The van der Waals surface area contributed by atoms with Gasteiger partial charge in [-0.1, -0.05) is 30.3 Å². The third kappa shape index (κ3) is 4.77. The molecule has 0 atom stereocenters. The van der Waals surface area contributed by atoms with E-state index in [0.29, 0.717) is 17.9 Å². The van der Waals surface area contributed by atoms with Gasteiger partial charge in [0.15, 0.2) is 6.61 Å². The van der Waals surface area contributed by atoms with Crippen molar-refractivity contribution < 1.29 is 18.7 Å². The summed E-state index contributed by atoms with van der Waals surface area (Å²) in [6, 6.07) is 11.6. The maximum atomic E-state index is 11.7. The first-order valence-electron chi connectivity index (χ1n) is 7.18. The lowest BCUT2D eigenvalue weighted by Crippen LogP contribution is -2.29. The number of hydrogen-bond donors (Lipinski definition) is 1. The van der Waals surface area contributed by atoms with E-state index in [-0.39, 0.29) is 12.5 Å². The average molecular weight is 301 g/mol. The molecule has 1 aromatic carbocycles. The van der Waals surface area contributed by atoms with Gasteiger partial charge in [-0.05, 0) is 31.4 Å². The van der Waals surface area contributed by atoms with Crippen LogP contribution in [0.25, 0.3) is 0 Å². The number of amides is 1. The van der Waals surface area contributed by atoms with E-state index in [1.165, 1.54) is 17.9 Å². The first-order valence-corrected chi connectivity index (χ1v) is 7.18. The molecule has 2 rings (SSSR count). The van der Waals surface area contributed by atoms with Crippen LogP contribution >= 0.6 is 0 Å². The molecular formula is C17H19NO4. The van der Waals surface area contributed by atoms with Crippen molar-refractivity contribution in [3.63, 3.8) is 0 Å². The molecule has 1 amide bonds. The van der Waals surface area contributed by atoms with Gasteiger partial charge in [0.25, 0.3) is 5.91 Å². The van der Waals surface area contributed by atoms with Gasteiger partial charge in [-0.25, -0.2) is 4.79 Å². The number of furan rings is 1. The summed E-state index contributed by atoms with van der Waals surface area (Å²) in [6.07, 6.45) is 3.15.